The summed E-state index contributed by atoms with van der Waals surface area (Å²) in [5.41, 5.74) is 8.40. The van der Waals surface area contributed by atoms with Gasteiger partial charge in [0, 0.05) is 12.6 Å². The molecule has 1 aromatic carbocycles. The van der Waals surface area contributed by atoms with Gasteiger partial charge in [0.2, 0.25) is 5.91 Å². The Kier molecular flexibility index (Phi) is 4.45. The summed E-state index contributed by atoms with van der Waals surface area (Å²) >= 11 is 0. The molecule has 1 amide bonds. The number of hydrogen-bond donors (Lipinski definition) is 3. The molecule has 1 unspecified atom stereocenters. The first-order valence-electron chi connectivity index (χ1n) is 7.24. The molecule has 2 atom stereocenters. The third kappa shape index (κ3) is 3.38. The highest BCUT2D eigenvalue weighted by Gasteiger charge is 2.28. The Hall–Kier alpha value is -1.39. The van der Waals surface area contributed by atoms with Gasteiger partial charge >= 0.3 is 0 Å². The van der Waals surface area contributed by atoms with Crippen molar-refractivity contribution < 1.29 is 4.79 Å². The van der Waals surface area contributed by atoms with Crippen LogP contribution in [0.2, 0.25) is 0 Å². The van der Waals surface area contributed by atoms with E-state index >= 15 is 0 Å². The third-order valence-electron chi connectivity index (χ3n) is 3.91. The summed E-state index contributed by atoms with van der Waals surface area (Å²) in [7, 11) is 0. The van der Waals surface area contributed by atoms with Gasteiger partial charge < -0.3 is 16.4 Å². The number of carbonyl (C=O) groups is 1. The van der Waals surface area contributed by atoms with E-state index in [0.717, 1.165) is 13.0 Å². The lowest BCUT2D eigenvalue weighted by molar-refractivity contribution is -0.124. The summed E-state index contributed by atoms with van der Waals surface area (Å²) in [6.45, 7) is 7.46. The van der Waals surface area contributed by atoms with Gasteiger partial charge in [-0.05, 0) is 29.5 Å². The second kappa shape index (κ2) is 5.94. The fourth-order valence-electron chi connectivity index (χ4n) is 2.48. The molecule has 0 aliphatic carbocycles. The van der Waals surface area contributed by atoms with E-state index in [-0.39, 0.29) is 17.4 Å². The molecule has 4 nitrogen and oxygen atoms in total. The summed E-state index contributed by atoms with van der Waals surface area (Å²) < 4.78 is 0. The Morgan fingerprint density at radius 3 is 2.85 bits per heavy atom. The van der Waals surface area contributed by atoms with E-state index in [0.29, 0.717) is 6.54 Å². The molecule has 0 saturated carbocycles. The van der Waals surface area contributed by atoms with Crippen LogP contribution < -0.4 is 16.4 Å². The Morgan fingerprint density at radius 2 is 2.15 bits per heavy atom. The minimum atomic E-state index is -0.485. The largest absolute Gasteiger partial charge is 0.353 e. The monoisotopic (exact) mass is 275 g/mol. The molecule has 20 heavy (non-hydrogen) atoms. The number of hydrogen-bond acceptors (Lipinski definition) is 3. The number of nitrogens with one attached hydrogen (secondary N) is 2. The van der Waals surface area contributed by atoms with E-state index in [9.17, 15) is 4.79 Å². The molecule has 0 spiro atoms. The standard InChI is InChI=1S/C16H25N3O/c1-16(2,3)14(17)15(20)19-10-13-12-7-5-4-6-11(12)8-9-18-13/h4-7,13-14,18H,8-10,17H2,1-3H3,(H,19,20)/t13?,14-/m1/s1. The zero-order chi connectivity index (χ0) is 14.8. The normalized spacial score (nSPS) is 20.1. The van der Waals surface area contributed by atoms with Gasteiger partial charge in [0.25, 0.3) is 0 Å². The van der Waals surface area contributed by atoms with Gasteiger partial charge in [0.15, 0.2) is 0 Å². The average Bonchev–Trinajstić information content (AvgIpc) is 2.42. The van der Waals surface area contributed by atoms with Crippen LogP contribution in [0.25, 0.3) is 0 Å². The maximum atomic E-state index is 12.1. The smallest absolute Gasteiger partial charge is 0.237 e. The second-order valence-electron chi connectivity index (χ2n) is 6.54. The highest BCUT2D eigenvalue weighted by Crippen LogP contribution is 2.22. The van der Waals surface area contributed by atoms with Crippen molar-refractivity contribution in [1.82, 2.24) is 10.6 Å². The molecule has 2 rings (SSSR count). The molecule has 0 radical (unpaired) electrons. The fourth-order valence-corrected chi connectivity index (χ4v) is 2.48. The van der Waals surface area contributed by atoms with Crippen molar-refractivity contribution in [2.45, 2.75) is 39.3 Å². The molecule has 1 heterocycles. The van der Waals surface area contributed by atoms with Gasteiger partial charge in [-0.15, -0.1) is 0 Å². The van der Waals surface area contributed by atoms with Gasteiger partial charge in [0.1, 0.15) is 0 Å². The van der Waals surface area contributed by atoms with Crippen LogP contribution in [0, 0.1) is 5.41 Å². The lowest BCUT2D eigenvalue weighted by Gasteiger charge is -2.29. The van der Waals surface area contributed by atoms with Crippen LogP contribution in [0.5, 0.6) is 0 Å². The first-order chi connectivity index (χ1) is 9.39. The topological polar surface area (TPSA) is 67.2 Å². The van der Waals surface area contributed by atoms with Crippen LogP contribution in [0.15, 0.2) is 24.3 Å². The van der Waals surface area contributed by atoms with Crippen LogP contribution in [0.4, 0.5) is 0 Å². The van der Waals surface area contributed by atoms with Crippen LogP contribution in [0.3, 0.4) is 0 Å². The van der Waals surface area contributed by atoms with Gasteiger partial charge in [-0.3, -0.25) is 4.79 Å². The predicted octanol–water partition coefficient (Wildman–Crippen LogP) is 1.36. The molecular weight excluding hydrogens is 250 g/mol. The molecule has 110 valence electrons. The Labute approximate surface area is 121 Å². The highest BCUT2D eigenvalue weighted by atomic mass is 16.2. The molecule has 0 bridgehead atoms. The number of fused-ring (bicyclic) bond motifs is 1. The van der Waals surface area contributed by atoms with E-state index in [1.165, 1.54) is 11.1 Å². The second-order valence-corrected chi connectivity index (χ2v) is 6.54. The minimum absolute atomic E-state index is 0.0812. The predicted molar refractivity (Wildman–Crippen MR) is 81.3 cm³/mol. The first-order valence-corrected chi connectivity index (χ1v) is 7.24. The van der Waals surface area contributed by atoms with E-state index in [4.69, 9.17) is 5.73 Å². The Bertz CT molecular complexity index is 479. The van der Waals surface area contributed by atoms with Crippen LogP contribution in [-0.4, -0.2) is 25.0 Å². The Balaban J connectivity index is 1.97. The number of amides is 1. The zero-order valence-electron chi connectivity index (χ0n) is 12.6. The number of benzene rings is 1. The number of carbonyl (C=O) groups excluding carboxylic acids is 1. The van der Waals surface area contributed by atoms with Crippen molar-refractivity contribution in [2.75, 3.05) is 13.1 Å². The van der Waals surface area contributed by atoms with Crippen LogP contribution in [-0.2, 0) is 11.2 Å². The number of nitrogens with two attached hydrogens (primary N) is 1. The maximum absolute atomic E-state index is 12.1. The molecule has 4 N–H and O–H groups in total. The summed E-state index contributed by atoms with van der Waals surface area (Å²) in [5.74, 6) is -0.0812. The number of rotatable bonds is 3. The summed E-state index contributed by atoms with van der Waals surface area (Å²) in [6, 6.07) is 8.09. The first kappa shape index (κ1) is 15.0. The average molecular weight is 275 g/mol. The quantitative estimate of drug-likeness (QED) is 0.780. The molecule has 0 saturated heterocycles. The van der Waals surface area contributed by atoms with Gasteiger partial charge in [-0.25, -0.2) is 0 Å². The fraction of sp³-hybridized carbons (Fsp3) is 0.562. The van der Waals surface area contributed by atoms with Crippen molar-refractivity contribution >= 4 is 5.91 Å². The van der Waals surface area contributed by atoms with Crippen LogP contribution >= 0.6 is 0 Å². The van der Waals surface area contributed by atoms with Crippen molar-refractivity contribution in [3.05, 3.63) is 35.4 Å². The summed E-state index contributed by atoms with van der Waals surface area (Å²) in [4.78, 5) is 12.1. The molecule has 1 aliphatic heterocycles. The minimum Gasteiger partial charge on any atom is -0.353 e. The van der Waals surface area contributed by atoms with Crippen molar-refractivity contribution in [2.24, 2.45) is 11.1 Å². The maximum Gasteiger partial charge on any atom is 0.237 e. The molecular formula is C16H25N3O. The third-order valence-corrected chi connectivity index (χ3v) is 3.91. The van der Waals surface area contributed by atoms with E-state index in [1.807, 2.05) is 26.8 Å². The SMILES string of the molecule is CC(C)(C)[C@H](N)C(=O)NCC1NCCc2ccccc21. The summed E-state index contributed by atoms with van der Waals surface area (Å²) in [6.07, 6.45) is 1.04. The van der Waals surface area contributed by atoms with Crippen molar-refractivity contribution in [1.29, 1.82) is 0 Å². The zero-order valence-corrected chi connectivity index (χ0v) is 12.6. The van der Waals surface area contributed by atoms with Crippen molar-refractivity contribution in [3.8, 4) is 0 Å². The van der Waals surface area contributed by atoms with Gasteiger partial charge in [-0.2, -0.15) is 0 Å². The van der Waals surface area contributed by atoms with E-state index in [1.54, 1.807) is 0 Å². The highest BCUT2D eigenvalue weighted by molar-refractivity contribution is 5.82. The molecule has 0 aromatic heterocycles. The van der Waals surface area contributed by atoms with Crippen molar-refractivity contribution in [3.63, 3.8) is 0 Å². The van der Waals surface area contributed by atoms with E-state index < -0.39 is 6.04 Å². The van der Waals surface area contributed by atoms with E-state index in [2.05, 4.69) is 28.8 Å². The molecule has 0 fully saturated rings. The van der Waals surface area contributed by atoms with Crippen LogP contribution in [0.1, 0.15) is 37.9 Å². The Morgan fingerprint density at radius 1 is 1.45 bits per heavy atom. The lowest BCUT2D eigenvalue weighted by Crippen LogP contribution is -2.50. The molecule has 1 aliphatic rings. The van der Waals surface area contributed by atoms with Gasteiger partial charge in [-0.1, -0.05) is 45.0 Å². The lowest BCUT2D eigenvalue weighted by atomic mass is 9.87. The molecule has 4 heteroatoms. The van der Waals surface area contributed by atoms with Gasteiger partial charge in [0.05, 0.1) is 6.04 Å². The molecule has 1 aromatic rings. The summed E-state index contributed by atoms with van der Waals surface area (Å²) in [5, 5.41) is 6.43.